The fourth-order valence-electron chi connectivity index (χ4n) is 4.75. The molecule has 0 radical (unpaired) electrons. The molecule has 0 saturated carbocycles. The zero-order valence-corrected chi connectivity index (χ0v) is 22.2. The van der Waals surface area contributed by atoms with Crippen LogP contribution in [0.5, 0.6) is 5.75 Å². The van der Waals surface area contributed by atoms with Crippen LogP contribution in [0.15, 0.2) is 87.5 Å². The lowest BCUT2D eigenvalue weighted by molar-refractivity contribution is -0.274. The number of hydroxylamine groups is 2. The van der Waals surface area contributed by atoms with Crippen molar-refractivity contribution in [2.24, 2.45) is 0 Å². The Kier molecular flexibility index (Phi) is 8.00. The summed E-state index contributed by atoms with van der Waals surface area (Å²) in [5.41, 5.74) is 1.88. The van der Waals surface area contributed by atoms with E-state index in [-0.39, 0.29) is 22.4 Å². The maximum atomic E-state index is 13.1. The van der Waals surface area contributed by atoms with Crippen molar-refractivity contribution >= 4 is 16.9 Å². The van der Waals surface area contributed by atoms with Crippen LogP contribution in [-0.4, -0.2) is 29.2 Å². The molecule has 1 aliphatic heterocycles. The molecule has 5 heteroatoms. The summed E-state index contributed by atoms with van der Waals surface area (Å²) in [6, 6.07) is 25.5. The van der Waals surface area contributed by atoms with Gasteiger partial charge in [-0.05, 0) is 75.4 Å². The van der Waals surface area contributed by atoms with Crippen molar-refractivity contribution < 1.29 is 14.4 Å². The topological polar surface area (TPSA) is 38.8 Å². The Morgan fingerprint density at radius 2 is 1.51 bits per heavy atom. The fourth-order valence-corrected chi connectivity index (χ4v) is 7.01. The molecule has 35 heavy (non-hydrogen) atoms. The van der Waals surface area contributed by atoms with Crippen molar-refractivity contribution in [1.29, 1.82) is 0 Å². The summed E-state index contributed by atoms with van der Waals surface area (Å²) >= 11 is 0. The van der Waals surface area contributed by atoms with Crippen molar-refractivity contribution in [3.05, 3.63) is 83.9 Å². The number of hydrogen-bond donors (Lipinski definition) is 0. The van der Waals surface area contributed by atoms with Crippen molar-refractivity contribution in [3.63, 3.8) is 0 Å². The summed E-state index contributed by atoms with van der Waals surface area (Å²) < 4.78 is 5.97. The van der Waals surface area contributed by atoms with E-state index in [0.29, 0.717) is 12.2 Å². The third kappa shape index (κ3) is 5.48. The molecule has 1 fully saturated rings. The van der Waals surface area contributed by atoms with Gasteiger partial charge in [0.2, 0.25) is 0 Å². The first kappa shape index (κ1) is 25.5. The number of rotatable bonds is 7. The zero-order chi connectivity index (χ0) is 25.0. The summed E-state index contributed by atoms with van der Waals surface area (Å²) in [6.45, 7) is 11.2. The summed E-state index contributed by atoms with van der Waals surface area (Å²) in [5, 5.41) is 1.96. The van der Waals surface area contributed by atoms with Crippen molar-refractivity contribution in [2.45, 2.75) is 80.2 Å². The average molecular weight is 491 g/mol. The van der Waals surface area contributed by atoms with Crippen LogP contribution in [0, 0.1) is 13.8 Å². The third-order valence-electron chi connectivity index (χ3n) is 6.94. The number of nitrogens with zero attached hydrogens (tertiary/aromatic N) is 1. The first-order valence-electron chi connectivity index (χ1n) is 12.5. The second-order valence-corrected chi connectivity index (χ2v) is 11.4. The van der Waals surface area contributed by atoms with Crippen molar-refractivity contribution in [1.82, 2.24) is 5.06 Å². The number of aryl methyl sites for hydroxylation is 2. The molecule has 1 saturated heterocycles. The molecule has 1 aliphatic rings. The predicted molar refractivity (Wildman–Crippen MR) is 142 cm³/mol. The van der Waals surface area contributed by atoms with E-state index in [4.69, 9.17) is 9.57 Å². The Balaban J connectivity index is 1.59. The molecule has 0 aromatic heterocycles. The van der Waals surface area contributed by atoms with Gasteiger partial charge in [-0.25, -0.2) is 4.79 Å². The number of benzene rings is 3. The monoisotopic (exact) mass is 490 g/mol. The van der Waals surface area contributed by atoms with Gasteiger partial charge in [-0.15, -0.1) is 0 Å². The maximum absolute atomic E-state index is 13.1. The molecule has 2 atom stereocenters. The molecule has 0 aliphatic carbocycles. The first-order chi connectivity index (χ1) is 16.9. The molecule has 4 nitrogen and oxygen atoms in total. The van der Waals surface area contributed by atoms with Gasteiger partial charge in [-0.3, -0.25) is 4.84 Å². The van der Waals surface area contributed by atoms with Gasteiger partial charge in [0.05, 0.1) is 10.9 Å². The SMILES string of the molecule is CCN1OC(C(=O)Oc2c(C)cc([S+](c3ccccc3)c3ccccc3)cc2C)CCC1(C)CC. The molecule has 3 aromatic carbocycles. The Bertz CT molecular complexity index is 1090. The lowest BCUT2D eigenvalue weighted by Gasteiger charge is -2.45. The Hall–Kier alpha value is -2.60. The van der Waals surface area contributed by atoms with E-state index in [9.17, 15) is 4.79 Å². The van der Waals surface area contributed by atoms with E-state index < -0.39 is 6.10 Å². The van der Waals surface area contributed by atoms with Gasteiger partial charge >= 0.3 is 5.97 Å². The van der Waals surface area contributed by atoms with Crippen LogP contribution in [0.1, 0.15) is 51.2 Å². The molecule has 184 valence electrons. The van der Waals surface area contributed by atoms with Crippen LogP contribution >= 0.6 is 0 Å². The van der Waals surface area contributed by atoms with E-state index in [0.717, 1.165) is 30.5 Å². The highest BCUT2D eigenvalue weighted by Crippen LogP contribution is 2.37. The second kappa shape index (κ2) is 11.0. The van der Waals surface area contributed by atoms with Crippen molar-refractivity contribution in [3.8, 4) is 5.75 Å². The Morgan fingerprint density at radius 3 is 2.00 bits per heavy atom. The van der Waals surface area contributed by atoms with Gasteiger partial charge in [0.1, 0.15) is 5.75 Å². The highest BCUT2D eigenvalue weighted by molar-refractivity contribution is 7.97. The largest absolute Gasteiger partial charge is 0.424 e. The highest BCUT2D eigenvalue weighted by atomic mass is 32.2. The molecule has 0 spiro atoms. The lowest BCUT2D eigenvalue weighted by Crippen LogP contribution is -2.54. The summed E-state index contributed by atoms with van der Waals surface area (Å²) in [7, 11) is -0.248. The summed E-state index contributed by atoms with van der Waals surface area (Å²) in [6.07, 6.45) is 1.98. The molecule has 0 amide bonds. The normalized spacial score (nSPS) is 20.7. The van der Waals surface area contributed by atoms with Gasteiger partial charge in [-0.2, -0.15) is 5.06 Å². The van der Waals surface area contributed by atoms with Gasteiger partial charge in [0.25, 0.3) is 0 Å². The Labute approximate surface area is 212 Å². The Morgan fingerprint density at radius 1 is 0.971 bits per heavy atom. The number of hydrogen-bond acceptors (Lipinski definition) is 4. The number of carbonyl (C=O) groups is 1. The van der Waals surface area contributed by atoms with Crippen LogP contribution < -0.4 is 4.74 Å². The molecular formula is C30H36NO3S+. The fraction of sp³-hybridized carbons (Fsp3) is 0.367. The number of carbonyl (C=O) groups excluding carboxylic acids is 1. The van der Waals surface area contributed by atoms with Gasteiger partial charge < -0.3 is 4.74 Å². The van der Waals surface area contributed by atoms with Crippen LogP contribution in [0.2, 0.25) is 0 Å². The van der Waals surface area contributed by atoms with E-state index >= 15 is 0 Å². The van der Waals surface area contributed by atoms with Crippen LogP contribution in [-0.2, 0) is 20.5 Å². The molecule has 2 unspecified atom stereocenters. The smallest absolute Gasteiger partial charge is 0.342 e. The van der Waals surface area contributed by atoms with Gasteiger partial charge in [-0.1, -0.05) is 50.2 Å². The third-order valence-corrected chi connectivity index (χ3v) is 9.14. The quantitative estimate of drug-likeness (QED) is 0.205. The predicted octanol–water partition coefficient (Wildman–Crippen LogP) is 6.89. The van der Waals surface area contributed by atoms with Crippen molar-refractivity contribution in [2.75, 3.05) is 6.54 Å². The summed E-state index contributed by atoms with van der Waals surface area (Å²) in [4.78, 5) is 22.9. The van der Waals surface area contributed by atoms with Crippen LogP contribution in [0.25, 0.3) is 0 Å². The van der Waals surface area contributed by atoms with E-state index in [1.54, 1.807) is 0 Å². The van der Waals surface area contributed by atoms with Gasteiger partial charge in [0, 0.05) is 24.2 Å². The lowest BCUT2D eigenvalue weighted by atomic mass is 9.89. The minimum Gasteiger partial charge on any atom is -0.424 e. The molecule has 0 N–H and O–H groups in total. The van der Waals surface area contributed by atoms with Crippen LogP contribution in [0.3, 0.4) is 0 Å². The summed E-state index contributed by atoms with van der Waals surface area (Å²) in [5.74, 6) is 0.324. The zero-order valence-electron chi connectivity index (χ0n) is 21.4. The molecular weight excluding hydrogens is 454 g/mol. The highest BCUT2D eigenvalue weighted by Gasteiger charge is 2.40. The number of esters is 1. The standard InChI is InChI=1S/C30H36NO3S/c1-6-30(5)19-18-27(34-31(30)7-2)29(32)33-28-22(3)20-26(21-23(28)4)35(24-14-10-8-11-15-24)25-16-12-9-13-17-25/h8-17,20-21,27H,6-7,18-19H2,1-5H3/q+1. The van der Waals surface area contributed by atoms with Crippen LogP contribution in [0.4, 0.5) is 0 Å². The average Bonchev–Trinajstić information content (AvgIpc) is 2.88. The minimum absolute atomic E-state index is 0.0379. The molecule has 4 rings (SSSR count). The molecule has 3 aromatic rings. The number of ether oxygens (including phenoxy) is 1. The second-order valence-electron chi connectivity index (χ2n) is 9.42. The maximum Gasteiger partial charge on any atom is 0.342 e. The molecule has 0 bridgehead atoms. The van der Waals surface area contributed by atoms with E-state index in [1.165, 1.54) is 14.7 Å². The van der Waals surface area contributed by atoms with Gasteiger partial charge in [0.15, 0.2) is 20.8 Å². The van der Waals surface area contributed by atoms with E-state index in [2.05, 4.69) is 81.4 Å². The minimum atomic E-state index is -0.573. The molecule has 1 heterocycles. The van der Waals surface area contributed by atoms with E-state index in [1.807, 2.05) is 31.0 Å². The first-order valence-corrected chi connectivity index (χ1v) is 13.7.